The molecule has 0 aliphatic rings. The molecule has 0 amide bonds. The molecule has 0 radical (unpaired) electrons. The molecule has 11 aromatic rings. The number of benzene rings is 11. The molecule has 2 nitrogen and oxygen atoms in total. The van der Waals surface area contributed by atoms with E-state index in [9.17, 15) is 0 Å². The molecule has 0 heterocycles. The Morgan fingerprint density at radius 1 is 0.250 bits per heavy atom. The van der Waals surface area contributed by atoms with Crippen LogP contribution in [0.25, 0.3) is 65.3 Å². The van der Waals surface area contributed by atoms with Gasteiger partial charge in [0.05, 0.1) is 0 Å². The summed E-state index contributed by atoms with van der Waals surface area (Å²) in [5, 5.41) is 9.93. The van der Waals surface area contributed by atoms with Gasteiger partial charge in [-0.15, -0.1) is 0 Å². The summed E-state index contributed by atoms with van der Waals surface area (Å²) in [7, 11) is 0. The number of rotatable bonds is 10. The molecule has 0 aliphatic carbocycles. The molecule has 0 saturated heterocycles. The van der Waals surface area contributed by atoms with Crippen LogP contribution >= 0.6 is 0 Å². The van der Waals surface area contributed by atoms with Crippen LogP contribution in [0, 0.1) is 0 Å². The molecule has 11 rings (SSSR count). The van der Waals surface area contributed by atoms with Gasteiger partial charge in [-0.3, -0.25) is 0 Å². The van der Waals surface area contributed by atoms with Gasteiger partial charge in [-0.2, -0.15) is 0 Å². The SMILES string of the molecule is [CH3][Ge]([CH3])([CH3])[c]1ccc(N(c2ccc(-c3c4ccccc4c(-c4ccc(N(c5cc[c]([Ge]([CH3])([CH3])[CH3])cc5)c5ccc6ccccc6c5)cc4)c4ccccc34)cc2)c2ccc3ccccc3c2)cc1. The van der Waals surface area contributed by atoms with Gasteiger partial charge in [0.1, 0.15) is 0 Å². The maximum absolute atomic E-state index is 2.46. The van der Waals surface area contributed by atoms with E-state index in [0.717, 1.165) is 34.1 Å². The van der Waals surface area contributed by atoms with Crippen molar-refractivity contribution in [1.82, 2.24) is 0 Å². The summed E-state index contributed by atoms with van der Waals surface area (Å²) < 4.78 is 3.01. The summed E-state index contributed by atoms with van der Waals surface area (Å²) in [5.41, 5.74) is 11.8. The van der Waals surface area contributed by atoms with Crippen LogP contribution in [0.1, 0.15) is 0 Å². The normalized spacial score (nSPS) is 12.0. The van der Waals surface area contributed by atoms with E-state index in [4.69, 9.17) is 0 Å². The zero-order valence-corrected chi connectivity index (χ0v) is 44.0. The van der Waals surface area contributed by atoms with Crippen molar-refractivity contribution < 1.29 is 0 Å². The fourth-order valence-corrected chi connectivity index (χ4v) is 14.9. The number of nitrogens with zero attached hydrogens (tertiary/aromatic N) is 2. The van der Waals surface area contributed by atoms with Crippen LogP contribution in [-0.2, 0) is 0 Å². The quantitative estimate of drug-likeness (QED) is 0.0995. The van der Waals surface area contributed by atoms with E-state index in [2.05, 4.69) is 275 Å². The summed E-state index contributed by atoms with van der Waals surface area (Å²) in [4.78, 5) is 4.81. The van der Waals surface area contributed by atoms with E-state index < -0.39 is 26.5 Å². The number of hydrogen-bond acceptors (Lipinski definition) is 2. The van der Waals surface area contributed by atoms with Crippen molar-refractivity contribution in [2.24, 2.45) is 0 Å². The van der Waals surface area contributed by atoms with E-state index in [1.165, 1.54) is 74.1 Å². The molecule has 11 aromatic carbocycles. The molecule has 0 fully saturated rings. The van der Waals surface area contributed by atoms with E-state index in [0.29, 0.717) is 0 Å². The first-order valence-corrected chi connectivity index (χ1v) is 38.6. The van der Waals surface area contributed by atoms with Crippen LogP contribution in [-0.4, -0.2) is 26.5 Å². The second-order valence-electron chi connectivity index (χ2n) is 20.3. The summed E-state index contributed by atoms with van der Waals surface area (Å²) in [5.74, 6) is 14.8. The molecular formula is C64H56Ge2N2. The molecule has 4 heteroatoms. The first kappa shape index (κ1) is 43.7. The zero-order chi connectivity index (χ0) is 46.6. The number of fused-ring (bicyclic) bond motifs is 4. The molecular weight excluding hydrogens is 942 g/mol. The third-order valence-electron chi connectivity index (χ3n) is 13.7. The Morgan fingerprint density at radius 2 is 0.515 bits per heavy atom. The van der Waals surface area contributed by atoms with Gasteiger partial charge in [0.2, 0.25) is 0 Å². The summed E-state index contributed by atoms with van der Waals surface area (Å²) in [6.07, 6.45) is 0. The van der Waals surface area contributed by atoms with Gasteiger partial charge in [0.15, 0.2) is 0 Å². The molecule has 0 spiro atoms. The van der Waals surface area contributed by atoms with Crippen LogP contribution in [0.2, 0.25) is 34.5 Å². The van der Waals surface area contributed by atoms with Crippen LogP contribution < -0.4 is 18.6 Å². The third-order valence-corrected chi connectivity index (χ3v) is 22.4. The van der Waals surface area contributed by atoms with E-state index in [-0.39, 0.29) is 0 Å². The van der Waals surface area contributed by atoms with Crippen molar-refractivity contribution in [3.63, 3.8) is 0 Å². The second kappa shape index (κ2) is 17.7. The van der Waals surface area contributed by atoms with Crippen molar-refractivity contribution in [2.45, 2.75) is 34.5 Å². The first-order valence-electron chi connectivity index (χ1n) is 23.9. The van der Waals surface area contributed by atoms with Crippen LogP contribution in [0.5, 0.6) is 0 Å². The summed E-state index contributed by atoms with van der Waals surface area (Å²) >= 11 is -4.01. The van der Waals surface area contributed by atoms with Gasteiger partial charge in [-0.25, -0.2) is 0 Å². The van der Waals surface area contributed by atoms with Gasteiger partial charge < -0.3 is 0 Å². The van der Waals surface area contributed by atoms with Crippen molar-refractivity contribution in [3.05, 3.63) is 231 Å². The Labute approximate surface area is 406 Å². The fourth-order valence-electron chi connectivity index (χ4n) is 10.1. The van der Waals surface area contributed by atoms with Crippen LogP contribution in [0.15, 0.2) is 231 Å². The third kappa shape index (κ3) is 8.31. The number of hydrogen-bond donors (Lipinski definition) is 0. The fraction of sp³-hybridized carbons (Fsp3) is 0.0938. The molecule has 0 bridgehead atoms. The topological polar surface area (TPSA) is 6.48 Å². The molecule has 0 aromatic heterocycles. The first-order chi connectivity index (χ1) is 33.0. The van der Waals surface area contributed by atoms with Gasteiger partial charge in [-0.1, -0.05) is 24.3 Å². The molecule has 330 valence electrons. The van der Waals surface area contributed by atoms with Crippen molar-refractivity contribution in [1.29, 1.82) is 0 Å². The van der Waals surface area contributed by atoms with Gasteiger partial charge >= 0.3 is 385 Å². The monoisotopic (exact) mass is 1000 g/mol. The van der Waals surface area contributed by atoms with Crippen molar-refractivity contribution >= 4 is 113 Å². The Hall–Kier alpha value is -6.85. The second-order valence-corrected chi connectivity index (χ2v) is 41.6. The summed E-state index contributed by atoms with van der Waals surface area (Å²) in [6, 6.07) is 86.0. The molecule has 0 saturated carbocycles. The minimum absolute atomic E-state index is 1.13. The van der Waals surface area contributed by atoms with E-state index in [1.807, 2.05) is 0 Å². The molecule has 0 unspecified atom stereocenters. The number of anilines is 6. The Bertz CT molecular complexity index is 3320. The van der Waals surface area contributed by atoms with E-state index >= 15 is 0 Å². The maximum atomic E-state index is 2.46. The Balaban J connectivity index is 1.01. The van der Waals surface area contributed by atoms with Crippen molar-refractivity contribution in [3.8, 4) is 22.3 Å². The zero-order valence-electron chi connectivity index (χ0n) is 39.8. The van der Waals surface area contributed by atoms with Gasteiger partial charge in [-0.05, 0) is 0 Å². The summed E-state index contributed by atoms with van der Waals surface area (Å²) in [6.45, 7) is 0. The van der Waals surface area contributed by atoms with Crippen LogP contribution in [0.3, 0.4) is 0 Å². The van der Waals surface area contributed by atoms with Crippen molar-refractivity contribution in [2.75, 3.05) is 9.80 Å². The molecule has 0 atom stereocenters. The van der Waals surface area contributed by atoms with Crippen LogP contribution in [0.4, 0.5) is 34.1 Å². The average Bonchev–Trinajstić information content (AvgIpc) is 3.36. The Morgan fingerprint density at radius 3 is 0.824 bits per heavy atom. The average molecular weight is 998 g/mol. The van der Waals surface area contributed by atoms with E-state index in [1.54, 1.807) is 0 Å². The standard InChI is InChI=1S/C64H56Ge2N2/c1-65(2,3)51-29-39-55(40-30-51)67(57-37-23-45-15-7-9-17-49(45)43-57)53-33-25-47(26-34-53)63-59-19-11-13-21-61(59)64(62-22-14-12-20-60(62)63)48-27-35-54(36-28-48)68(56-41-31-52(32-42-56)66(4,5)6)58-38-24-46-16-8-10-18-50(46)44-58/h7-44H,1-6H3. The molecule has 0 aliphatic heterocycles. The van der Waals surface area contributed by atoms with Gasteiger partial charge in [0.25, 0.3) is 0 Å². The minimum atomic E-state index is -2.01. The molecule has 68 heavy (non-hydrogen) atoms. The van der Waals surface area contributed by atoms with Gasteiger partial charge in [0, 0.05) is 0 Å². The predicted molar refractivity (Wildman–Crippen MR) is 303 cm³/mol. The predicted octanol–water partition coefficient (Wildman–Crippen LogP) is 17.7. The Kier molecular flexibility index (Phi) is 11.4. The molecule has 0 N–H and O–H groups in total.